The first-order chi connectivity index (χ1) is 10.1. The molecule has 0 spiro atoms. The van der Waals surface area contributed by atoms with E-state index in [0.29, 0.717) is 12.0 Å². The molecule has 1 aromatic rings. The highest BCUT2D eigenvalue weighted by Crippen LogP contribution is 2.35. The van der Waals surface area contributed by atoms with Crippen molar-refractivity contribution >= 4 is 17.7 Å². The maximum Gasteiger partial charge on any atom is 0.313 e. The van der Waals surface area contributed by atoms with Gasteiger partial charge in [0.2, 0.25) is 0 Å². The lowest BCUT2D eigenvalue weighted by Gasteiger charge is -2.30. The number of hydrogen-bond donors (Lipinski definition) is 1. The molecule has 0 amide bonds. The number of aliphatic carboxylic acids is 1. The Kier molecular flexibility index (Phi) is 6.08. The smallest absolute Gasteiger partial charge is 0.313 e. The van der Waals surface area contributed by atoms with Gasteiger partial charge in [-0.15, -0.1) is 10.2 Å². The molecule has 1 aliphatic rings. The largest absolute Gasteiger partial charge is 0.481 e. The fourth-order valence-corrected chi connectivity index (χ4v) is 3.92. The monoisotopic (exact) mass is 311 g/mol. The van der Waals surface area contributed by atoms with Crippen molar-refractivity contribution in [3.63, 3.8) is 0 Å². The average molecular weight is 311 g/mol. The lowest BCUT2D eigenvalue weighted by molar-refractivity contribution is -0.133. The van der Waals surface area contributed by atoms with Gasteiger partial charge in [0.05, 0.1) is 5.75 Å². The summed E-state index contributed by atoms with van der Waals surface area (Å²) in [6.45, 7) is 4.37. The van der Waals surface area contributed by atoms with Gasteiger partial charge in [-0.05, 0) is 32.1 Å². The Morgan fingerprint density at radius 3 is 2.71 bits per heavy atom. The lowest BCUT2D eigenvalue weighted by Crippen LogP contribution is -2.22. The van der Waals surface area contributed by atoms with E-state index in [1.165, 1.54) is 43.9 Å². The zero-order valence-electron chi connectivity index (χ0n) is 12.9. The van der Waals surface area contributed by atoms with Crippen LogP contribution in [0.2, 0.25) is 0 Å². The van der Waals surface area contributed by atoms with Gasteiger partial charge in [0, 0.05) is 12.5 Å². The van der Waals surface area contributed by atoms with Crippen molar-refractivity contribution in [1.29, 1.82) is 0 Å². The van der Waals surface area contributed by atoms with Gasteiger partial charge in [-0.25, -0.2) is 0 Å². The van der Waals surface area contributed by atoms with E-state index in [-0.39, 0.29) is 5.75 Å². The van der Waals surface area contributed by atoms with Crippen LogP contribution < -0.4 is 0 Å². The van der Waals surface area contributed by atoms with Gasteiger partial charge in [0.15, 0.2) is 5.16 Å². The molecule has 6 heteroatoms. The van der Waals surface area contributed by atoms with Crippen molar-refractivity contribution in [2.75, 3.05) is 5.75 Å². The Balaban J connectivity index is 2.19. The Hall–Kier alpha value is -1.04. The van der Waals surface area contributed by atoms with Crippen LogP contribution in [0.1, 0.15) is 64.2 Å². The average Bonchev–Trinajstić information content (AvgIpc) is 2.88. The molecule has 1 atom stereocenters. The first-order valence-electron chi connectivity index (χ1n) is 7.91. The third-order valence-corrected chi connectivity index (χ3v) is 5.20. The molecule has 0 aromatic carbocycles. The lowest BCUT2D eigenvalue weighted by atomic mass is 9.84. The minimum atomic E-state index is -0.808. The molecule has 21 heavy (non-hydrogen) atoms. The van der Waals surface area contributed by atoms with Gasteiger partial charge in [0.25, 0.3) is 0 Å². The van der Waals surface area contributed by atoms with E-state index in [2.05, 4.69) is 28.6 Å². The van der Waals surface area contributed by atoms with E-state index in [9.17, 15) is 4.79 Å². The molecular formula is C15H25N3O2S. The number of thioether (sulfide) groups is 1. The number of carboxylic acid groups (broad SMARTS) is 1. The van der Waals surface area contributed by atoms with Crippen LogP contribution in [0.25, 0.3) is 0 Å². The second-order valence-corrected chi connectivity index (χ2v) is 6.78. The first-order valence-corrected chi connectivity index (χ1v) is 8.90. The van der Waals surface area contributed by atoms with E-state index in [1.807, 2.05) is 0 Å². The summed E-state index contributed by atoms with van der Waals surface area (Å²) in [6.07, 6.45) is 8.39. The van der Waals surface area contributed by atoms with Crippen LogP contribution >= 0.6 is 11.8 Å². The maximum atomic E-state index is 10.8. The Morgan fingerprint density at radius 2 is 2.10 bits per heavy atom. The summed E-state index contributed by atoms with van der Waals surface area (Å²) >= 11 is 1.28. The van der Waals surface area contributed by atoms with E-state index >= 15 is 0 Å². The molecule has 0 aliphatic heterocycles. The third-order valence-electron chi connectivity index (χ3n) is 4.27. The molecule has 1 fully saturated rings. The van der Waals surface area contributed by atoms with Crippen LogP contribution in [0, 0.1) is 5.92 Å². The summed E-state index contributed by atoms with van der Waals surface area (Å²) in [6, 6.07) is 0.359. The normalized spacial score (nSPS) is 17.8. The second kappa shape index (κ2) is 7.82. The Bertz CT molecular complexity index is 469. The van der Waals surface area contributed by atoms with Crippen LogP contribution in [-0.4, -0.2) is 31.6 Å². The highest BCUT2D eigenvalue weighted by molar-refractivity contribution is 7.99. The van der Waals surface area contributed by atoms with E-state index in [0.717, 1.165) is 23.8 Å². The molecule has 1 aliphatic carbocycles. The predicted molar refractivity (Wildman–Crippen MR) is 83.7 cm³/mol. The second-order valence-electron chi connectivity index (χ2n) is 5.84. The number of aryl methyl sites for hydroxylation is 1. The van der Waals surface area contributed by atoms with E-state index in [1.54, 1.807) is 0 Å². The van der Waals surface area contributed by atoms with Crippen molar-refractivity contribution in [3.05, 3.63) is 5.82 Å². The molecule has 0 radical (unpaired) electrons. The summed E-state index contributed by atoms with van der Waals surface area (Å²) in [5.74, 6) is 0.900. The molecule has 0 saturated heterocycles. The highest BCUT2D eigenvalue weighted by atomic mass is 32.2. The molecule has 1 saturated carbocycles. The van der Waals surface area contributed by atoms with Gasteiger partial charge in [-0.3, -0.25) is 4.79 Å². The first kappa shape index (κ1) is 16.3. The third kappa shape index (κ3) is 4.22. The van der Waals surface area contributed by atoms with Crippen molar-refractivity contribution in [2.24, 2.45) is 5.92 Å². The zero-order chi connectivity index (χ0) is 15.2. The molecule has 1 unspecified atom stereocenters. The van der Waals surface area contributed by atoms with E-state index in [4.69, 9.17) is 5.11 Å². The number of aromatic nitrogens is 3. The number of rotatable bonds is 7. The summed E-state index contributed by atoms with van der Waals surface area (Å²) in [5.41, 5.74) is 0. The molecule has 1 aromatic heterocycles. The van der Waals surface area contributed by atoms with E-state index < -0.39 is 5.97 Å². The number of nitrogens with zero attached hydrogens (tertiary/aromatic N) is 3. The molecule has 1 heterocycles. The standard InChI is InChI=1S/C15H25N3O2S/c1-3-7-13-16-17-15(21-10-14(19)20)18(13)11(2)12-8-5-4-6-9-12/h11-12H,3-10H2,1-2H3,(H,19,20). The van der Waals surface area contributed by atoms with Gasteiger partial charge >= 0.3 is 5.97 Å². The summed E-state index contributed by atoms with van der Waals surface area (Å²) < 4.78 is 2.20. The van der Waals surface area contributed by atoms with Crippen molar-refractivity contribution in [1.82, 2.24) is 14.8 Å². The molecule has 1 N–H and O–H groups in total. The predicted octanol–water partition coefficient (Wildman–Crippen LogP) is 3.55. The molecule has 5 nitrogen and oxygen atoms in total. The fraction of sp³-hybridized carbons (Fsp3) is 0.800. The minimum Gasteiger partial charge on any atom is -0.481 e. The Morgan fingerprint density at radius 1 is 1.38 bits per heavy atom. The molecule has 2 rings (SSSR count). The van der Waals surface area contributed by atoms with Gasteiger partial charge in [-0.2, -0.15) is 0 Å². The number of carbonyl (C=O) groups is 1. The maximum absolute atomic E-state index is 10.8. The van der Waals surface area contributed by atoms with Crippen LogP contribution in [0.3, 0.4) is 0 Å². The minimum absolute atomic E-state index is 0.0433. The quantitative estimate of drug-likeness (QED) is 0.780. The fourth-order valence-electron chi connectivity index (χ4n) is 3.16. The van der Waals surface area contributed by atoms with Crippen LogP contribution in [0.4, 0.5) is 0 Å². The van der Waals surface area contributed by atoms with Crippen molar-refractivity contribution < 1.29 is 9.90 Å². The zero-order valence-corrected chi connectivity index (χ0v) is 13.7. The molecular weight excluding hydrogens is 286 g/mol. The van der Waals surface area contributed by atoms with Gasteiger partial charge in [0.1, 0.15) is 5.82 Å². The van der Waals surface area contributed by atoms with Crippen molar-refractivity contribution in [2.45, 2.75) is 70.0 Å². The Labute approximate surface area is 130 Å². The SMILES string of the molecule is CCCc1nnc(SCC(=O)O)n1C(C)C1CCCCC1. The highest BCUT2D eigenvalue weighted by Gasteiger charge is 2.26. The number of carboxylic acids is 1. The van der Waals surface area contributed by atoms with Gasteiger partial charge in [-0.1, -0.05) is 37.9 Å². The summed E-state index contributed by atoms with van der Waals surface area (Å²) in [7, 11) is 0. The van der Waals surface area contributed by atoms with Gasteiger partial charge < -0.3 is 9.67 Å². The topological polar surface area (TPSA) is 68.0 Å². The summed E-state index contributed by atoms with van der Waals surface area (Å²) in [4.78, 5) is 10.8. The van der Waals surface area contributed by atoms with Crippen LogP contribution in [0.5, 0.6) is 0 Å². The molecule has 0 bridgehead atoms. The summed E-state index contributed by atoms with van der Waals surface area (Å²) in [5, 5.41) is 18.2. The molecule has 118 valence electrons. The van der Waals surface area contributed by atoms with Crippen LogP contribution in [-0.2, 0) is 11.2 Å². The van der Waals surface area contributed by atoms with Crippen molar-refractivity contribution in [3.8, 4) is 0 Å². The number of hydrogen-bond acceptors (Lipinski definition) is 4. The van der Waals surface area contributed by atoms with Crippen LogP contribution in [0.15, 0.2) is 5.16 Å².